The topological polar surface area (TPSA) is 42.3 Å². The highest BCUT2D eigenvalue weighted by Gasteiger charge is 2.24. The minimum atomic E-state index is 0.529. The molecule has 1 fully saturated rings. The van der Waals surface area contributed by atoms with E-state index >= 15 is 0 Å². The lowest BCUT2D eigenvalue weighted by Crippen LogP contribution is -2.40. The van der Waals surface area contributed by atoms with E-state index < -0.39 is 0 Å². The molecule has 0 atom stereocenters. The van der Waals surface area contributed by atoms with Gasteiger partial charge in [-0.25, -0.2) is 0 Å². The van der Waals surface area contributed by atoms with E-state index in [-0.39, 0.29) is 0 Å². The lowest BCUT2D eigenvalue weighted by molar-refractivity contribution is 0.340. The van der Waals surface area contributed by atoms with Crippen LogP contribution in [-0.2, 0) is 13.6 Å². The predicted molar refractivity (Wildman–Crippen MR) is 95.8 cm³/mol. The Balaban J connectivity index is 1.79. The highest BCUT2D eigenvalue weighted by molar-refractivity contribution is 7.80. The fraction of sp³-hybridized carbons (Fsp3) is 0.412. The second-order valence-corrected chi connectivity index (χ2v) is 6.15. The van der Waals surface area contributed by atoms with Gasteiger partial charge in [0.2, 0.25) is 0 Å². The molecule has 1 aromatic heterocycles. The van der Waals surface area contributed by atoms with Crippen molar-refractivity contribution in [3.8, 4) is 5.75 Å². The quantitative estimate of drug-likeness (QED) is 0.825. The Hall–Kier alpha value is -2.08. The number of aromatic nitrogens is 2. The highest BCUT2D eigenvalue weighted by atomic mass is 32.1. The summed E-state index contributed by atoms with van der Waals surface area (Å²) in [5, 5.41) is 8.42. The number of ether oxygens (including phenoxy) is 1. The zero-order valence-corrected chi connectivity index (χ0v) is 14.3. The van der Waals surface area contributed by atoms with Gasteiger partial charge in [-0.1, -0.05) is 0 Å². The Bertz CT molecular complexity index is 663. The van der Waals surface area contributed by atoms with Crippen LogP contribution in [0.5, 0.6) is 5.75 Å². The number of thiocarbonyl (C=S) groups is 1. The van der Waals surface area contributed by atoms with Crippen molar-refractivity contribution in [3.05, 3.63) is 42.2 Å². The van der Waals surface area contributed by atoms with E-state index in [1.807, 2.05) is 55.3 Å². The molecule has 0 saturated heterocycles. The maximum Gasteiger partial charge on any atom is 0.173 e. The van der Waals surface area contributed by atoms with Crippen molar-refractivity contribution in [1.29, 1.82) is 0 Å². The fourth-order valence-corrected chi connectivity index (χ4v) is 2.72. The largest absolute Gasteiger partial charge is 0.494 e. The lowest BCUT2D eigenvalue weighted by Gasteiger charge is -2.26. The fourth-order valence-electron chi connectivity index (χ4n) is 2.39. The first kappa shape index (κ1) is 15.8. The zero-order chi connectivity index (χ0) is 16.2. The molecule has 1 aliphatic carbocycles. The van der Waals surface area contributed by atoms with E-state index in [2.05, 4.69) is 15.3 Å². The molecule has 1 heterocycles. The number of anilines is 1. The molecule has 0 amide bonds. The third kappa shape index (κ3) is 4.22. The molecule has 1 aliphatic rings. The van der Waals surface area contributed by atoms with Crippen LogP contribution in [-0.4, -0.2) is 27.5 Å². The van der Waals surface area contributed by atoms with Crippen LogP contribution in [0.2, 0.25) is 0 Å². The van der Waals surface area contributed by atoms with Gasteiger partial charge in [0, 0.05) is 30.5 Å². The summed E-state index contributed by atoms with van der Waals surface area (Å²) in [5.74, 6) is 0.874. The SMILES string of the molecule is CCOc1ccc(N(Cc2cnn(C)c2)C(=S)NC2CC2)cc1. The van der Waals surface area contributed by atoms with E-state index in [0.717, 1.165) is 22.1 Å². The third-order valence-corrected chi connectivity index (χ3v) is 4.05. The summed E-state index contributed by atoms with van der Waals surface area (Å²) < 4.78 is 7.33. The monoisotopic (exact) mass is 330 g/mol. The van der Waals surface area contributed by atoms with Gasteiger partial charge in [0.25, 0.3) is 0 Å². The van der Waals surface area contributed by atoms with Crippen LogP contribution >= 0.6 is 12.2 Å². The van der Waals surface area contributed by atoms with Crippen molar-refractivity contribution in [2.45, 2.75) is 32.4 Å². The van der Waals surface area contributed by atoms with E-state index in [1.165, 1.54) is 12.8 Å². The molecule has 23 heavy (non-hydrogen) atoms. The average molecular weight is 330 g/mol. The number of hydrogen-bond donors (Lipinski definition) is 1. The number of hydrogen-bond acceptors (Lipinski definition) is 3. The summed E-state index contributed by atoms with van der Waals surface area (Å²) in [4.78, 5) is 2.11. The van der Waals surface area contributed by atoms with Crippen molar-refractivity contribution in [2.24, 2.45) is 7.05 Å². The van der Waals surface area contributed by atoms with Crippen molar-refractivity contribution in [2.75, 3.05) is 11.5 Å². The van der Waals surface area contributed by atoms with Crippen LogP contribution in [0.3, 0.4) is 0 Å². The minimum absolute atomic E-state index is 0.529. The molecule has 1 saturated carbocycles. The summed E-state index contributed by atoms with van der Waals surface area (Å²) in [7, 11) is 1.92. The maximum atomic E-state index is 5.62. The summed E-state index contributed by atoms with van der Waals surface area (Å²) in [6.45, 7) is 3.35. The predicted octanol–water partition coefficient (Wildman–Crippen LogP) is 2.86. The first-order valence-electron chi connectivity index (χ1n) is 7.94. The molecule has 122 valence electrons. The molecule has 1 aromatic carbocycles. The molecule has 0 spiro atoms. The minimum Gasteiger partial charge on any atom is -0.494 e. The van der Waals surface area contributed by atoms with Crippen LogP contribution in [0.25, 0.3) is 0 Å². The molecule has 0 unspecified atom stereocenters. The molecule has 1 N–H and O–H groups in total. The van der Waals surface area contributed by atoms with Gasteiger partial charge in [-0.2, -0.15) is 5.10 Å². The molecule has 3 rings (SSSR count). The second-order valence-electron chi connectivity index (χ2n) is 5.76. The molecule has 2 aromatic rings. The van der Waals surface area contributed by atoms with Gasteiger partial charge in [0.05, 0.1) is 19.3 Å². The van der Waals surface area contributed by atoms with E-state index in [1.54, 1.807) is 0 Å². The molecular weight excluding hydrogens is 308 g/mol. The smallest absolute Gasteiger partial charge is 0.173 e. The molecule has 5 nitrogen and oxygen atoms in total. The summed E-state index contributed by atoms with van der Waals surface area (Å²) >= 11 is 5.62. The number of benzene rings is 1. The third-order valence-electron chi connectivity index (χ3n) is 3.71. The first-order valence-corrected chi connectivity index (χ1v) is 8.35. The average Bonchev–Trinajstić information content (AvgIpc) is 3.26. The molecule has 6 heteroatoms. The van der Waals surface area contributed by atoms with Crippen LogP contribution < -0.4 is 15.0 Å². The van der Waals surface area contributed by atoms with Crippen molar-refractivity contribution >= 4 is 23.0 Å². The van der Waals surface area contributed by atoms with Crippen molar-refractivity contribution < 1.29 is 4.74 Å². The number of rotatable bonds is 6. The Morgan fingerprint density at radius 3 is 2.70 bits per heavy atom. The number of nitrogens with zero attached hydrogens (tertiary/aromatic N) is 3. The first-order chi connectivity index (χ1) is 11.2. The zero-order valence-electron chi connectivity index (χ0n) is 13.5. The van der Waals surface area contributed by atoms with Crippen molar-refractivity contribution in [3.63, 3.8) is 0 Å². The van der Waals surface area contributed by atoms with Gasteiger partial charge in [-0.3, -0.25) is 4.68 Å². The van der Waals surface area contributed by atoms with E-state index in [9.17, 15) is 0 Å². The van der Waals surface area contributed by atoms with Gasteiger partial charge in [0.1, 0.15) is 5.75 Å². The van der Waals surface area contributed by atoms with Crippen LogP contribution in [0, 0.1) is 0 Å². The molecule has 0 bridgehead atoms. The van der Waals surface area contributed by atoms with Gasteiger partial charge in [-0.05, 0) is 56.2 Å². The van der Waals surface area contributed by atoms with Gasteiger partial charge in [0.15, 0.2) is 5.11 Å². The molecule has 0 aliphatic heterocycles. The lowest BCUT2D eigenvalue weighted by atomic mass is 10.2. The number of aryl methyl sites for hydroxylation is 1. The van der Waals surface area contributed by atoms with E-state index in [4.69, 9.17) is 17.0 Å². The van der Waals surface area contributed by atoms with Crippen LogP contribution in [0.4, 0.5) is 5.69 Å². The van der Waals surface area contributed by atoms with Crippen LogP contribution in [0.15, 0.2) is 36.7 Å². The Morgan fingerprint density at radius 2 is 2.13 bits per heavy atom. The normalized spacial score (nSPS) is 13.7. The second kappa shape index (κ2) is 7.00. The van der Waals surface area contributed by atoms with Gasteiger partial charge >= 0.3 is 0 Å². The van der Waals surface area contributed by atoms with Crippen molar-refractivity contribution in [1.82, 2.24) is 15.1 Å². The summed E-state index contributed by atoms with van der Waals surface area (Å²) in [6.07, 6.45) is 6.29. The highest BCUT2D eigenvalue weighted by Crippen LogP contribution is 2.24. The molecule has 0 radical (unpaired) electrons. The number of nitrogens with one attached hydrogen (secondary N) is 1. The summed E-state index contributed by atoms with van der Waals surface area (Å²) in [5.41, 5.74) is 2.18. The summed E-state index contributed by atoms with van der Waals surface area (Å²) in [6, 6.07) is 8.58. The Labute approximate surface area is 142 Å². The van der Waals surface area contributed by atoms with Gasteiger partial charge in [-0.15, -0.1) is 0 Å². The Morgan fingerprint density at radius 1 is 1.39 bits per heavy atom. The maximum absolute atomic E-state index is 5.62. The van der Waals surface area contributed by atoms with E-state index in [0.29, 0.717) is 19.2 Å². The van der Waals surface area contributed by atoms with Gasteiger partial charge < -0.3 is 15.0 Å². The Kier molecular flexibility index (Phi) is 4.81. The van der Waals surface area contributed by atoms with Crippen LogP contribution in [0.1, 0.15) is 25.3 Å². The molecular formula is C17H22N4OS. The standard InChI is InChI=1S/C17H22N4OS/c1-3-22-16-8-6-15(7-9-16)21(17(23)19-14-4-5-14)12-13-10-18-20(2)11-13/h6-11,14H,3-5,12H2,1-2H3,(H,19,23).